The molecule has 2 unspecified atom stereocenters. The lowest BCUT2D eigenvalue weighted by atomic mass is 9.97. The Hall–Kier alpha value is -0.610. The summed E-state index contributed by atoms with van der Waals surface area (Å²) in [4.78, 5) is 14.5. The van der Waals surface area contributed by atoms with Gasteiger partial charge in [0.15, 0.2) is 0 Å². The lowest BCUT2D eigenvalue weighted by molar-refractivity contribution is -0.127. The molecule has 1 rings (SSSR count). The normalized spacial score (nSPS) is 22.5. The SMILES string of the molecule is CC(C)CCNC(=O)C(C)N1CCCCC1CCN. The lowest BCUT2D eigenvalue weighted by Gasteiger charge is -2.39. The van der Waals surface area contributed by atoms with Crippen molar-refractivity contribution in [3.8, 4) is 0 Å². The van der Waals surface area contributed by atoms with E-state index in [1.165, 1.54) is 19.3 Å². The Balaban J connectivity index is 2.44. The van der Waals surface area contributed by atoms with Gasteiger partial charge in [-0.15, -0.1) is 0 Å². The van der Waals surface area contributed by atoms with E-state index < -0.39 is 0 Å². The number of hydrogen-bond donors (Lipinski definition) is 2. The average Bonchev–Trinajstić information content (AvgIpc) is 2.38. The molecule has 1 saturated heterocycles. The maximum absolute atomic E-state index is 12.2. The van der Waals surface area contributed by atoms with E-state index in [0.29, 0.717) is 18.5 Å². The van der Waals surface area contributed by atoms with Gasteiger partial charge < -0.3 is 11.1 Å². The molecule has 4 heteroatoms. The maximum atomic E-state index is 12.2. The van der Waals surface area contributed by atoms with Crippen LogP contribution in [0.15, 0.2) is 0 Å². The minimum Gasteiger partial charge on any atom is -0.355 e. The van der Waals surface area contributed by atoms with Gasteiger partial charge in [-0.2, -0.15) is 0 Å². The Morgan fingerprint density at radius 3 is 2.74 bits per heavy atom. The van der Waals surface area contributed by atoms with Crippen LogP contribution in [0.4, 0.5) is 0 Å². The van der Waals surface area contributed by atoms with Crippen LogP contribution in [-0.2, 0) is 4.79 Å². The van der Waals surface area contributed by atoms with E-state index in [9.17, 15) is 4.79 Å². The van der Waals surface area contributed by atoms with E-state index in [1.54, 1.807) is 0 Å². The number of likely N-dealkylation sites (tertiary alicyclic amines) is 1. The van der Waals surface area contributed by atoms with Gasteiger partial charge in [-0.3, -0.25) is 9.69 Å². The van der Waals surface area contributed by atoms with Gasteiger partial charge in [0, 0.05) is 12.6 Å². The van der Waals surface area contributed by atoms with Crippen molar-refractivity contribution in [3.63, 3.8) is 0 Å². The molecular weight excluding hydrogens is 238 g/mol. The molecule has 4 nitrogen and oxygen atoms in total. The molecule has 2 atom stereocenters. The summed E-state index contributed by atoms with van der Waals surface area (Å²) < 4.78 is 0. The number of nitrogens with zero attached hydrogens (tertiary/aromatic N) is 1. The zero-order valence-corrected chi connectivity index (χ0v) is 12.8. The minimum absolute atomic E-state index is 0.0241. The molecule has 1 aliphatic rings. The van der Waals surface area contributed by atoms with Gasteiger partial charge in [0.1, 0.15) is 0 Å². The van der Waals surface area contributed by atoms with Gasteiger partial charge in [-0.25, -0.2) is 0 Å². The van der Waals surface area contributed by atoms with Gasteiger partial charge >= 0.3 is 0 Å². The molecule has 1 heterocycles. The van der Waals surface area contributed by atoms with Crippen molar-refractivity contribution in [3.05, 3.63) is 0 Å². The fraction of sp³-hybridized carbons (Fsp3) is 0.933. The van der Waals surface area contributed by atoms with Crippen molar-refractivity contribution in [2.45, 2.75) is 65.0 Å². The second-order valence-corrected chi connectivity index (χ2v) is 6.11. The van der Waals surface area contributed by atoms with Crippen molar-refractivity contribution >= 4 is 5.91 Å². The monoisotopic (exact) mass is 269 g/mol. The Kier molecular flexibility index (Phi) is 7.39. The number of nitrogens with one attached hydrogen (secondary N) is 1. The third kappa shape index (κ3) is 5.49. The fourth-order valence-electron chi connectivity index (χ4n) is 2.82. The second-order valence-electron chi connectivity index (χ2n) is 6.11. The van der Waals surface area contributed by atoms with Crippen molar-refractivity contribution in [2.75, 3.05) is 19.6 Å². The molecule has 112 valence electrons. The highest BCUT2D eigenvalue weighted by molar-refractivity contribution is 5.81. The lowest BCUT2D eigenvalue weighted by Crippen LogP contribution is -2.52. The first-order chi connectivity index (χ1) is 9.06. The maximum Gasteiger partial charge on any atom is 0.237 e. The van der Waals surface area contributed by atoms with Crippen LogP contribution in [0.2, 0.25) is 0 Å². The van der Waals surface area contributed by atoms with Crippen molar-refractivity contribution in [2.24, 2.45) is 11.7 Å². The van der Waals surface area contributed by atoms with Gasteiger partial charge in [0.25, 0.3) is 0 Å². The van der Waals surface area contributed by atoms with Gasteiger partial charge in [0.2, 0.25) is 5.91 Å². The van der Waals surface area contributed by atoms with Crippen LogP contribution in [0.1, 0.15) is 52.9 Å². The van der Waals surface area contributed by atoms with Crippen LogP contribution in [0.3, 0.4) is 0 Å². The first kappa shape index (κ1) is 16.4. The van der Waals surface area contributed by atoms with Crippen LogP contribution in [-0.4, -0.2) is 42.5 Å². The molecule has 19 heavy (non-hydrogen) atoms. The molecular formula is C15H31N3O. The highest BCUT2D eigenvalue weighted by Crippen LogP contribution is 2.21. The molecule has 3 N–H and O–H groups in total. The van der Waals surface area contributed by atoms with E-state index >= 15 is 0 Å². The highest BCUT2D eigenvalue weighted by Gasteiger charge is 2.29. The van der Waals surface area contributed by atoms with E-state index in [-0.39, 0.29) is 11.9 Å². The summed E-state index contributed by atoms with van der Waals surface area (Å²) in [6.07, 6.45) is 5.70. The molecule has 0 spiro atoms. The molecule has 0 bridgehead atoms. The van der Waals surface area contributed by atoms with E-state index in [4.69, 9.17) is 5.73 Å². The number of carbonyl (C=O) groups excluding carboxylic acids is 1. The van der Waals surface area contributed by atoms with Gasteiger partial charge in [-0.05, 0) is 51.6 Å². The topological polar surface area (TPSA) is 58.4 Å². The van der Waals surface area contributed by atoms with Crippen LogP contribution in [0.5, 0.6) is 0 Å². The Bertz CT molecular complexity index is 266. The number of carbonyl (C=O) groups is 1. The molecule has 1 aliphatic heterocycles. The molecule has 1 amide bonds. The van der Waals surface area contributed by atoms with E-state index in [1.807, 2.05) is 6.92 Å². The van der Waals surface area contributed by atoms with Crippen LogP contribution in [0, 0.1) is 5.92 Å². The predicted octanol–water partition coefficient (Wildman–Crippen LogP) is 1.74. The van der Waals surface area contributed by atoms with E-state index in [2.05, 4.69) is 24.1 Å². The second kappa shape index (κ2) is 8.54. The molecule has 0 saturated carbocycles. The summed E-state index contributed by atoms with van der Waals surface area (Å²) >= 11 is 0. The zero-order valence-electron chi connectivity index (χ0n) is 12.8. The minimum atomic E-state index is -0.0241. The van der Waals surface area contributed by atoms with Crippen molar-refractivity contribution in [1.29, 1.82) is 0 Å². The third-order valence-electron chi connectivity index (χ3n) is 4.07. The highest BCUT2D eigenvalue weighted by atomic mass is 16.2. The number of piperidine rings is 1. The molecule has 0 aromatic heterocycles. The first-order valence-corrected chi connectivity index (χ1v) is 7.79. The Morgan fingerprint density at radius 2 is 2.11 bits per heavy atom. The standard InChI is InChI=1S/C15H31N3O/c1-12(2)8-10-17-15(19)13(3)18-11-5-4-6-14(18)7-9-16/h12-14H,4-11,16H2,1-3H3,(H,17,19). The van der Waals surface area contributed by atoms with Crippen molar-refractivity contribution < 1.29 is 4.79 Å². The summed E-state index contributed by atoms with van der Waals surface area (Å²) in [6, 6.07) is 0.466. The number of nitrogens with two attached hydrogens (primary N) is 1. The third-order valence-corrected chi connectivity index (χ3v) is 4.07. The fourth-order valence-corrected chi connectivity index (χ4v) is 2.82. The van der Waals surface area contributed by atoms with E-state index in [0.717, 1.165) is 25.9 Å². The molecule has 0 aromatic rings. The largest absolute Gasteiger partial charge is 0.355 e. The quantitative estimate of drug-likeness (QED) is 0.740. The average molecular weight is 269 g/mol. The summed E-state index contributed by atoms with van der Waals surface area (Å²) in [5.41, 5.74) is 5.68. The van der Waals surface area contributed by atoms with Crippen LogP contribution >= 0.6 is 0 Å². The summed E-state index contributed by atoms with van der Waals surface area (Å²) in [7, 11) is 0. The summed E-state index contributed by atoms with van der Waals surface area (Å²) in [5, 5.41) is 3.06. The molecule has 1 fully saturated rings. The Morgan fingerprint density at radius 1 is 1.37 bits per heavy atom. The molecule has 0 aromatic carbocycles. The number of hydrogen-bond acceptors (Lipinski definition) is 3. The summed E-state index contributed by atoms with van der Waals surface area (Å²) in [5.74, 6) is 0.806. The Labute approximate surface area is 118 Å². The molecule has 0 radical (unpaired) electrons. The molecule has 0 aliphatic carbocycles. The number of amides is 1. The van der Waals surface area contributed by atoms with Gasteiger partial charge in [0.05, 0.1) is 6.04 Å². The van der Waals surface area contributed by atoms with Crippen LogP contribution in [0.25, 0.3) is 0 Å². The summed E-state index contributed by atoms with van der Waals surface area (Å²) in [6.45, 7) is 8.91. The van der Waals surface area contributed by atoms with Crippen LogP contribution < -0.4 is 11.1 Å². The smallest absolute Gasteiger partial charge is 0.237 e. The zero-order chi connectivity index (χ0) is 14.3. The predicted molar refractivity (Wildman–Crippen MR) is 79.9 cm³/mol. The van der Waals surface area contributed by atoms with Crippen molar-refractivity contribution in [1.82, 2.24) is 10.2 Å². The number of rotatable bonds is 7. The first-order valence-electron chi connectivity index (χ1n) is 7.79. The van der Waals surface area contributed by atoms with Gasteiger partial charge in [-0.1, -0.05) is 20.3 Å².